The van der Waals surface area contributed by atoms with Gasteiger partial charge in [-0.2, -0.15) is 0 Å². The first kappa shape index (κ1) is 18.9. The summed E-state index contributed by atoms with van der Waals surface area (Å²) in [5.41, 5.74) is 3.19. The van der Waals surface area contributed by atoms with E-state index < -0.39 is 0 Å². The summed E-state index contributed by atoms with van der Waals surface area (Å²) in [4.78, 5) is 3.31. The van der Waals surface area contributed by atoms with Crippen molar-refractivity contribution in [2.24, 2.45) is 0 Å². The van der Waals surface area contributed by atoms with Crippen molar-refractivity contribution in [3.63, 3.8) is 0 Å². The number of para-hydroxylation sites is 1. The Hall–Kier alpha value is -2.44. The monoisotopic (exact) mass is 412 g/mol. The highest BCUT2D eigenvalue weighted by atomic mass is 35.5. The topological polar surface area (TPSA) is 55.7 Å². The Labute approximate surface area is 173 Å². The summed E-state index contributed by atoms with van der Waals surface area (Å²) in [6, 6.07) is 13.9. The zero-order valence-electron chi connectivity index (χ0n) is 15.8. The first-order valence-corrected chi connectivity index (χ1v) is 10.5. The van der Waals surface area contributed by atoms with Crippen molar-refractivity contribution in [3.8, 4) is 17.1 Å². The average molecular weight is 413 g/mol. The molecule has 0 spiro atoms. The number of nitrogens with zero attached hydrogens (tertiary/aromatic N) is 3. The predicted octanol–water partition coefficient (Wildman–Crippen LogP) is 5.58. The van der Waals surface area contributed by atoms with Gasteiger partial charge in [-0.1, -0.05) is 41.6 Å². The Kier molecular flexibility index (Phi) is 5.59. The van der Waals surface area contributed by atoms with E-state index in [0.29, 0.717) is 6.61 Å². The van der Waals surface area contributed by atoms with E-state index in [1.54, 1.807) is 11.8 Å². The van der Waals surface area contributed by atoms with Crippen molar-refractivity contribution >= 4 is 34.3 Å². The van der Waals surface area contributed by atoms with E-state index in [0.717, 1.165) is 56.1 Å². The van der Waals surface area contributed by atoms with Crippen molar-refractivity contribution < 1.29 is 4.74 Å². The van der Waals surface area contributed by atoms with Gasteiger partial charge in [0.1, 0.15) is 5.75 Å². The number of hydrogen-bond acceptors (Lipinski definition) is 4. The van der Waals surface area contributed by atoms with Crippen LogP contribution in [-0.4, -0.2) is 32.1 Å². The fourth-order valence-corrected chi connectivity index (χ4v) is 4.07. The van der Waals surface area contributed by atoms with Gasteiger partial charge in [-0.15, -0.1) is 10.2 Å². The maximum absolute atomic E-state index is 6.06. The molecule has 0 aliphatic heterocycles. The second-order valence-electron chi connectivity index (χ2n) is 6.41. The van der Waals surface area contributed by atoms with Crippen LogP contribution in [0.3, 0.4) is 0 Å². The molecule has 0 aliphatic rings. The Bertz CT molecular complexity index is 1100. The van der Waals surface area contributed by atoms with Gasteiger partial charge < -0.3 is 14.3 Å². The minimum Gasteiger partial charge on any atom is -0.493 e. The molecule has 2 aromatic heterocycles. The number of H-pyrrole nitrogens is 1. The molecule has 1 N–H and O–H groups in total. The molecule has 2 heterocycles. The molecule has 4 aromatic rings. The van der Waals surface area contributed by atoms with E-state index in [1.807, 2.05) is 43.5 Å². The van der Waals surface area contributed by atoms with E-state index in [-0.39, 0.29) is 0 Å². The molecular weight excluding hydrogens is 392 g/mol. The molecule has 0 saturated heterocycles. The van der Waals surface area contributed by atoms with Gasteiger partial charge in [-0.25, -0.2) is 0 Å². The van der Waals surface area contributed by atoms with Crippen LogP contribution in [0.4, 0.5) is 0 Å². The van der Waals surface area contributed by atoms with Gasteiger partial charge in [-0.3, -0.25) is 0 Å². The van der Waals surface area contributed by atoms with Crippen LogP contribution < -0.4 is 4.74 Å². The lowest BCUT2D eigenvalue weighted by atomic mass is 10.1. The number of hydrogen-bond donors (Lipinski definition) is 1. The van der Waals surface area contributed by atoms with E-state index in [2.05, 4.69) is 38.8 Å². The third-order valence-corrected chi connectivity index (χ3v) is 5.93. The highest BCUT2D eigenvalue weighted by molar-refractivity contribution is 7.99. The molecule has 0 amide bonds. The molecule has 5 nitrogen and oxygen atoms in total. The quantitative estimate of drug-likeness (QED) is 0.318. The van der Waals surface area contributed by atoms with Crippen LogP contribution in [0.25, 0.3) is 22.3 Å². The van der Waals surface area contributed by atoms with Crippen molar-refractivity contribution in [1.82, 2.24) is 19.7 Å². The lowest BCUT2D eigenvalue weighted by molar-refractivity contribution is 0.343. The minimum atomic E-state index is 0.588. The van der Waals surface area contributed by atoms with Crippen LogP contribution in [0.5, 0.6) is 5.75 Å². The van der Waals surface area contributed by atoms with Crippen LogP contribution in [0, 0.1) is 6.92 Å². The summed E-state index contributed by atoms with van der Waals surface area (Å²) < 4.78 is 7.98. The fraction of sp³-hybridized carbons (Fsp3) is 0.238. The lowest BCUT2D eigenvalue weighted by Crippen LogP contribution is -2.03. The molecule has 0 unspecified atom stereocenters. The van der Waals surface area contributed by atoms with Crippen LogP contribution >= 0.6 is 23.4 Å². The SMILES string of the molecule is CCn1c(SCCOc2ccc(Cl)c(C)c2)nnc1-c1c[nH]c2ccccc12. The van der Waals surface area contributed by atoms with Crippen molar-refractivity contribution in [2.75, 3.05) is 12.4 Å². The van der Waals surface area contributed by atoms with E-state index in [1.165, 1.54) is 0 Å². The van der Waals surface area contributed by atoms with Gasteiger partial charge in [0.2, 0.25) is 0 Å². The summed E-state index contributed by atoms with van der Waals surface area (Å²) in [5.74, 6) is 2.50. The van der Waals surface area contributed by atoms with Crippen LogP contribution in [0.15, 0.2) is 53.8 Å². The molecule has 0 bridgehead atoms. The zero-order chi connectivity index (χ0) is 19.5. The third kappa shape index (κ3) is 3.75. The number of rotatable bonds is 7. The predicted molar refractivity (Wildman–Crippen MR) is 115 cm³/mol. The third-order valence-electron chi connectivity index (χ3n) is 4.58. The van der Waals surface area contributed by atoms with E-state index >= 15 is 0 Å². The largest absolute Gasteiger partial charge is 0.493 e. The first-order valence-electron chi connectivity index (χ1n) is 9.19. The van der Waals surface area contributed by atoms with Gasteiger partial charge in [0.15, 0.2) is 11.0 Å². The van der Waals surface area contributed by atoms with Crippen molar-refractivity contribution in [3.05, 3.63) is 59.2 Å². The molecule has 4 rings (SSSR count). The number of nitrogens with one attached hydrogen (secondary N) is 1. The van der Waals surface area contributed by atoms with Gasteiger partial charge >= 0.3 is 0 Å². The Balaban J connectivity index is 1.45. The minimum absolute atomic E-state index is 0.588. The number of aryl methyl sites for hydroxylation is 1. The number of aromatic nitrogens is 4. The Morgan fingerprint density at radius 2 is 2.04 bits per heavy atom. The molecule has 0 radical (unpaired) electrons. The normalized spacial score (nSPS) is 11.2. The summed E-state index contributed by atoms with van der Waals surface area (Å²) in [7, 11) is 0. The summed E-state index contributed by atoms with van der Waals surface area (Å²) >= 11 is 7.71. The maximum Gasteiger partial charge on any atom is 0.191 e. The van der Waals surface area contributed by atoms with Crippen LogP contribution in [0.2, 0.25) is 5.02 Å². The molecule has 2 aromatic carbocycles. The number of aromatic amines is 1. The number of ether oxygens (including phenoxy) is 1. The number of fused-ring (bicyclic) bond motifs is 1. The van der Waals surface area contributed by atoms with E-state index in [9.17, 15) is 0 Å². The Morgan fingerprint density at radius 3 is 2.86 bits per heavy atom. The standard InChI is InChI=1S/C21H21ClN4OS/c1-3-26-20(17-13-23-19-7-5-4-6-16(17)19)24-25-21(26)28-11-10-27-15-8-9-18(22)14(2)12-15/h4-9,12-13,23H,3,10-11H2,1-2H3. The van der Waals surface area contributed by atoms with Gasteiger partial charge in [0.05, 0.1) is 6.61 Å². The first-order chi connectivity index (χ1) is 13.7. The smallest absolute Gasteiger partial charge is 0.191 e. The average Bonchev–Trinajstić information content (AvgIpc) is 3.31. The molecule has 0 atom stereocenters. The highest BCUT2D eigenvalue weighted by Gasteiger charge is 2.16. The second-order valence-corrected chi connectivity index (χ2v) is 7.88. The molecular formula is C21H21ClN4OS. The van der Waals surface area contributed by atoms with Gasteiger partial charge in [-0.05, 0) is 43.7 Å². The van der Waals surface area contributed by atoms with Crippen LogP contribution in [-0.2, 0) is 6.54 Å². The second kappa shape index (κ2) is 8.29. The van der Waals surface area contributed by atoms with Crippen LogP contribution in [0.1, 0.15) is 12.5 Å². The van der Waals surface area contributed by atoms with E-state index in [4.69, 9.17) is 16.3 Å². The van der Waals surface area contributed by atoms with Crippen molar-refractivity contribution in [1.29, 1.82) is 0 Å². The Morgan fingerprint density at radius 1 is 1.18 bits per heavy atom. The molecule has 7 heteroatoms. The molecule has 28 heavy (non-hydrogen) atoms. The number of benzene rings is 2. The van der Waals surface area contributed by atoms with Gasteiger partial charge in [0.25, 0.3) is 0 Å². The maximum atomic E-state index is 6.06. The van der Waals surface area contributed by atoms with Gasteiger partial charge in [0, 0.05) is 40.0 Å². The summed E-state index contributed by atoms with van der Waals surface area (Å²) in [6.07, 6.45) is 2.00. The van der Waals surface area contributed by atoms with Crippen molar-refractivity contribution in [2.45, 2.75) is 25.5 Å². The number of halogens is 1. The molecule has 0 aliphatic carbocycles. The highest BCUT2D eigenvalue weighted by Crippen LogP contribution is 2.30. The fourth-order valence-electron chi connectivity index (χ4n) is 3.14. The zero-order valence-corrected chi connectivity index (χ0v) is 17.3. The lowest BCUT2D eigenvalue weighted by Gasteiger charge is -2.09. The molecule has 144 valence electrons. The number of thioether (sulfide) groups is 1. The summed E-state index contributed by atoms with van der Waals surface area (Å²) in [6.45, 7) is 5.48. The molecule has 0 saturated carbocycles. The summed E-state index contributed by atoms with van der Waals surface area (Å²) in [5, 5.41) is 11.7. The molecule has 0 fully saturated rings.